The molecule has 1 saturated heterocycles. The number of urea groups is 1. The topological polar surface area (TPSA) is 95.7 Å². The average Bonchev–Trinajstić information content (AvgIpc) is 2.69. The first kappa shape index (κ1) is 22.1. The van der Waals surface area contributed by atoms with Crippen LogP contribution in [0, 0.1) is 11.6 Å². The number of nitrogens with one attached hydrogen (secondary N) is 1. The van der Waals surface area contributed by atoms with Crippen LogP contribution in [-0.4, -0.2) is 55.6 Å². The van der Waals surface area contributed by atoms with Gasteiger partial charge in [-0.15, -0.1) is 0 Å². The Morgan fingerprint density at radius 2 is 1.80 bits per heavy atom. The Morgan fingerprint density at radius 1 is 1.10 bits per heavy atom. The predicted molar refractivity (Wildman–Crippen MR) is 111 cm³/mol. The highest BCUT2D eigenvalue weighted by atomic mass is 32.2. The lowest BCUT2D eigenvalue weighted by molar-refractivity contribution is 0.181. The van der Waals surface area contributed by atoms with Crippen LogP contribution in [0.5, 0.6) is 0 Å². The predicted octanol–water partition coefficient (Wildman–Crippen LogP) is 2.59. The van der Waals surface area contributed by atoms with Gasteiger partial charge >= 0.3 is 6.03 Å². The van der Waals surface area contributed by atoms with Gasteiger partial charge in [0.1, 0.15) is 11.6 Å². The molecule has 1 aliphatic heterocycles. The summed E-state index contributed by atoms with van der Waals surface area (Å²) in [5.74, 6) is -1.00. The van der Waals surface area contributed by atoms with Gasteiger partial charge < -0.3 is 11.1 Å². The summed E-state index contributed by atoms with van der Waals surface area (Å²) in [4.78, 5) is 13.1. The summed E-state index contributed by atoms with van der Waals surface area (Å²) in [7, 11) is -3.22. The Balaban J connectivity index is 1.78. The number of carbonyl (C=O) groups is 1. The van der Waals surface area contributed by atoms with E-state index in [1.54, 1.807) is 13.0 Å². The first-order valence-corrected chi connectivity index (χ1v) is 11.1. The highest BCUT2D eigenvalue weighted by molar-refractivity contribution is 7.89. The lowest BCUT2D eigenvalue weighted by atomic mass is 10.0. The molecule has 0 aromatic heterocycles. The van der Waals surface area contributed by atoms with E-state index in [4.69, 9.17) is 5.73 Å². The Labute approximate surface area is 174 Å². The molecule has 3 rings (SSSR count). The normalized spacial score (nSPS) is 15.8. The van der Waals surface area contributed by atoms with Crippen molar-refractivity contribution in [2.45, 2.75) is 13.5 Å². The van der Waals surface area contributed by atoms with Gasteiger partial charge in [0.05, 0.1) is 5.75 Å². The third-order valence-corrected chi connectivity index (χ3v) is 6.88. The number of rotatable bonds is 6. The highest BCUT2D eigenvalue weighted by Gasteiger charge is 2.25. The van der Waals surface area contributed by atoms with Gasteiger partial charge in [-0.05, 0) is 54.4 Å². The summed E-state index contributed by atoms with van der Waals surface area (Å²) >= 11 is 0. The minimum absolute atomic E-state index is 0.0650. The lowest BCUT2D eigenvalue weighted by Gasteiger charge is -2.33. The van der Waals surface area contributed by atoms with Crippen molar-refractivity contribution in [1.82, 2.24) is 9.21 Å². The molecule has 2 aromatic carbocycles. The summed E-state index contributed by atoms with van der Waals surface area (Å²) in [6, 6.07) is 7.45. The molecule has 0 spiro atoms. The second-order valence-corrected chi connectivity index (χ2v) is 9.37. The number of halogens is 2. The van der Waals surface area contributed by atoms with Crippen LogP contribution in [0.1, 0.15) is 12.5 Å². The standard InChI is InChI=1S/C20H24F2N4O3S/c1-2-30(28,29)26-7-5-25(6-8-26)13-14-9-15(11-16(21)10-14)18-12-17(24-20(23)27)3-4-19(18)22/h3-4,9-12H,2,5-8,13H2,1H3,(H3,23,24,27). The summed E-state index contributed by atoms with van der Waals surface area (Å²) in [5, 5.41) is 2.37. The van der Waals surface area contributed by atoms with Crippen LogP contribution in [0.3, 0.4) is 0 Å². The third kappa shape index (κ3) is 5.32. The zero-order chi connectivity index (χ0) is 21.9. The van der Waals surface area contributed by atoms with E-state index in [0.29, 0.717) is 49.5 Å². The van der Waals surface area contributed by atoms with Crippen molar-refractivity contribution in [2.75, 3.05) is 37.2 Å². The van der Waals surface area contributed by atoms with Crippen molar-refractivity contribution < 1.29 is 22.0 Å². The molecule has 0 unspecified atom stereocenters. The van der Waals surface area contributed by atoms with Gasteiger partial charge in [0, 0.05) is 44.0 Å². The molecule has 30 heavy (non-hydrogen) atoms. The molecule has 3 N–H and O–H groups in total. The molecule has 0 saturated carbocycles. The molecule has 10 heteroatoms. The largest absolute Gasteiger partial charge is 0.351 e. The average molecular weight is 439 g/mol. The van der Waals surface area contributed by atoms with Gasteiger partial charge in [-0.3, -0.25) is 4.90 Å². The van der Waals surface area contributed by atoms with E-state index >= 15 is 0 Å². The summed E-state index contributed by atoms with van der Waals surface area (Å²) in [5.41, 5.74) is 6.52. The number of nitrogens with zero attached hydrogens (tertiary/aromatic N) is 2. The maximum Gasteiger partial charge on any atom is 0.316 e. The van der Waals surface area contributed by atoms with Gasteiger partial charge in [0.2, 0.25) is 10.0 Å². The van der Waals surface area contributed by atoms with Crippen LogP contribution in [0.4, 0.5) is 19.3 Å². The fourth-order valence-electron chi connectivity index (χ4n) is 3.47. The summed E-state index contributed by atoms with van der Waals surface area (Å²) in [6.07, 6.45) is 0. The molecule has 1 heterocycles. The fourth-order valence-corrected chi connectivity index (χ4v) is 4.56. The maximum absolute atomic E-state index is 14.4. The van der Waals surface area contributed by atoms with Crippen LogP contribution < -0.4 is 11.1 Å². The molecule has 2 amide bonds. The van der Waals surface area contributed by atoms with Gasteiger partial charge in [-0.2, -0.15) is 4.31 Å². The monoisotopic (exact) mass is 438 g/mol. The van der Waals surface area contributed by atoms with Crippen molar-refractivity contribution in [3.05, 3.63) is 53.6 Å². The minimum atomic E-state index is -3.22. The number of sulfonamides is 1. The number of hydrogen-bond donors (Lipinski definition) is 2. The lowest BCUT2D eigenvalue weighted by Crippen LogP contribution is -2.48. The second-order valence-electron chi connectivity index (χ2n) is 7.11. The van der Waals surface area contributed by atoms with Crippen molar-refractivity contribution in [3.8, 4) is 11.1 Å². The van der Waals surface area contributed by atoms with E-state index in [-0.39, 0.29) is 11.3 Å². The number of anilines is 1. The van der Waals surface area contributed by atoms with Gasteiger partial charge in [0.15, 0.2) is 0 Å². The number of amides is 2. The Hall–Kier alpha value is -2.56. The molecule has 7 nitrogen and oxygen atoms in total. The SMILES string of the molecule is CCS(=O)(=O)N1CCN(Cc2cc(F)cc(-c3cc(NC(N)=O)ccc3F)c2)CC1. The molecule has 162 valence electrons. The minimum Gasteiger partial charge on any atom is -0.351 e. The number of primary amides is 1. The smallest absolute Gasteiger partial charge is 0.316 e. The number of nitrogens with two attached hydrogens (primary N) is 1. The van der Waals surface area contributed by atoms with Gasteiger partial charge in [-0.25, -0.2) is 22.0 Å². The Bertz CT molecular complexity index is 1040. The zero-order valence-electron chi connectivity index (χ0n) is 16.6. The molecular formula is C20H24F2N4O3S. The molecule has 0 aliphatic carbocycles. The van der Waals surface area contributed by atoms with Gasteiger partial charge in [0.25, 0.3) is 0 Å². The van der Waals surface area contributed by atoms with E-state index in [1.165, 1.54) is 34.6 Å². The number of carbonyl (C=O) groups excluding carboxylic acids is 1. The van der Waals surface area contributed by atoms with Crippen molar-refractivity contribution >= 4 is 21.7 Å². The Morgan fingerprint density at radius 3 is 2.43 bits per heavy atom. The molecule has 0 atom stereocenters. The Kier molecular flexibility index (Phi) is 6.69. The van der Waals surface area contributed by atoms with Crippen LogP contribution in [-0.2, 0) is 16.6 Å². The van der Waals surface area contributed by atoms with E-state index in [9.17, 15) is 22.0 Å². The van der Waals surface area contributed by atoms with Crippen LogP contribution in [0.2, 0.25) is 0 Å². The molecule has 1 fully saturated rings. The third-order valence-electron chi connectivity index (χ3n) is 5.00. The van der Waals surface area contributed by atoms with Crippen molar-refractivity contribution in [3.63, 3.8) is 0 Å². The molecule has 0 bridgehead atoms. The fraction of sp³-hybridized carbons (Fsp3) is 0.350. The highest BCUT2D eigenvalue weighted by Crippen LogP contribution is 2.28. The van der Waals surface area contributed by atoms with Crippen molar-refractivity contribution in [2.24, 2.45) is 5.73 Å². The zero-order valence-corrected chi connectivity index (χ0v) is 17.4. The number of benzene rings is 2. The molecular weight excluding hydrogens is 414 g/mol. The molecule has 0 radical (unpaired) electrons. The summed E-state index contributed by atoms with van der Waals surface area (Å²) < 4.78 is 54.0. The first-order chi connectivity index (χ1) is 14.2. The van der Waals surface area contributed by atoms with E-state index in [1.807, 2.05) is 4.90 Å². The van der Waals surface area contributed by atoms with E-state index < -0.39 is 27.7 Å². The molecule has 2 aromatic rings. The molecule has 1 aliphatic rings. The van der Waals surface area contributed by atoms with E-state index in [0.717, 1.165) is 0 Å². The van der Waals surface area contributed by atoms with Crippen LogP contribution >= 0.6 is 0 Å². The van der Waals surface area contributed by atoms with Gasteiger partial charge in [-0.1, -0.05) is 0 Å². The number of piperazine rings is 1. The maximum atomic E-state index is 14.4. The van der Waals surface area contributed by atoms with Crippen LogP contribution in [0.25, 0.3) is 11.1 Å². The van der Waals surface area contributed by atoms with Crippen LogP contribution in [0.15, 0.2) is 36.4 Å². The summed E-state index contributed by atoms with van der Waals surface area (Å²) in [6.45, 7) is 3.84. The quantitative estimate of drug-likeness (QED) is 0.725. The second kappa shape index (κ2) is 9.07. The number of hydrogen-bond acceptors (Lipinski definition) is 4. The van der Waals surface area contributed by atoms with Crippen molar-refractivity contribution in [1.29, 1.82) is 0 Å². The first-order valence-electron chi connectivity index (χ1n) is 9.54. The van der Waals surface area contributed by atoms with E-state index in [2.05, 4.69) is 5.32 Å².